The van der Waals surface area contributed by atoms with Gasteiger partial charge in [0.2, 0.25) is 0 Å². The second-order valence-electron chi connectivity index (χ2n) is 1.50. The van der Waals surface area contributed by atoms with E-state index in [9.17, 15) is 4.79 Å². The van der Waals surface area contributed by atoms with E-state index in [1.165, 1.54) is 0 Å². The van der Waals surface area contributed by atoms with E-state index in [4.69, 9.17) is 5.11 Å². The van der Waals surface area contributed by atoms with Gasteiger partial charge in [-0.2, -0.15) is 0 Å². The number of carboxylic acids is 1. The number of hydrogen-bond donors (Lipinski definition) is 1. The molecule has 1 N–H and O–H groups in total. The number of aliphatic carboxylic acids is 1. The minimum absolute atomic E-state index is 0. The van der Waals surface area contributed by atoms with E-state index in [1.807, 2.05) is 6.92 Å². The van der Waals surface area contributed by atoms with Crippen LogP contribution < -0.4 is 0 Å². The summed E-state index contributed by atoms with van der Waals surface area (Å²) in [5.41, 5.74) is 0. The fourth-order valence-corrected chi connectivity index (χ4v) is 0.328. The second-order valence-corrected chi connectivity index (χ2v) is 1.50. The van der Waals surface area contributed by atoms with Gasteiger partial charge >= 0.3 is 5.97 Å². The Bertz CT molecular complexity index is 63.4. The largest absolute Gasteiger partial charge is 0.481 e. The molecule has 0 spiro atoms. The topological polar surface area (TPSA) is 37.3 Å². The van der Waals surface area contributed by atoms with Gasteiger partial charge in [-0.05, 0) is 6.42 Å². The molecule has 0 aliphatic rings. The SMILES string of the molecule is CCCCC(=O)O.[Cs]. The van der Waals surface area contributed by atoms with Gasteiger partial charge in [0.05, 0.1) is 0 Å². The minimum atomic E-state index is -0.693. The van der Waals surface area contributed by atoms with Crippen LogP contribution in [0.2, 0.25) is 0 Å². The van der Waals surface area contributed by atoms with Crippen molar-refractivity contribution in [3.8, 4) is 0 Å². The van der Waals surface area contributed by atoms with Crippen molar-refractivity contribution in [3.63, 3.8) is 0 Å². The molecule has 0 rings (SSSR count). The summed E-state index contributed by atoms with van der Waals surface area (Å²) in [6, 6.07) is 0. The third-order valence-electron chi connectivity index (χ3n) is 0.744. The molecule has 0 atom stereocenters. The van der Waals surface area contributed by atoms with Crippen LogP contribution in [0.3, 0.4) is 0 Å². The van der Waals surface area contributed by atoms with Crippen molar-refractivity contribution in [3.05, 3.63) is 0 Å². The molecule has 8 heavy (non-hydrogen) atoms. The number of carboxylic acid groups (broad SMARTS) is 1. The maximum absolute atomic E-state index is 9.76. The molecule has 3 heteroatoms. The first kappa shape index (κ1) is 12.2. The number of rotatable bonds is 3. The Hall–Kier alpha value is 1.52. The molecule has 0 heterocycles. The molecule has 0 aliphatic carbocycles. The Balaban J connectivity index is 0. The van der Waals surface area contributed by atoms with Crippen LogP contribution in [0.15, 0.2) is 0 Å². The Labute approximate surface area is 108 Å². The molecule has 0 fully saturated rings. The second kappa shape index (κ2) is 8.52. The normalized spacial score (nSPS) is 7.62. The van der Waals surface area contributed by atoms with E-state index in [0.717, 1.165) is 12.8 Å². The number of hydrogen-bond acceptors (Lipinski definition) is 1. The Morgan fingerprint density at radius 1 is 1.62 bits per heavy atom. The molecule has 1 radical (unpaired) electrons. The summed E-state index contributed by atoms with van der Waals surface area (Å²) >= 11 is 0. The quantitative estimate of drug-likeness (QED) is 0.788. The van der Waals surface area contributed by atoms with E-state index in [-0.39, 0.29) is 68.9 Å². The molecule has 0 amide bonds. The predicted octanol–water partition coefficient (Wildman–Crippen LogP) is 0.880. The van der Waals surface area contributed by atoms with Crippen molar-refractivity contribution in [1.82, 2.24) is 0 Å². The molecule has 0 bridgehead atoms. The molecule has 0 saturated carbocycles. The summed E-state index contributed by atoms with van der Waals surface area (Å²) in [7, 11) is 0. The van der Waals surface area contributed by atoms with Crippen LogP contribution in [0, 0.1) is 0 Å². The van der Waals surface area contributed by atoms with Crippen LogP contribution in [0.4, 0.5) is 0 Å². The van der Waals surface area contributed by atoms with E-state index >= 15 is 0 Å². The average Bonchev–Trinajstić information content (AvgIpc) is 1.61. The average molecular weight is 235 g/mol. The summed E-state index contributed by atoms with van der Waals surface area (Å²) in [5, 5.41) is 8.04. The Morgan fingerprint density at radius 3 is 2.25 bits per heavy atom. The van der Waals surface area contributed by atoms with Crippen molar-refractivity contribution in [1.29, 1.82) is 0 Å². The summed E-state index contributed by atoms with van der Waals surface area (Å²) in [6.45, 7) is 1.98. The first-order valence-electron chi connectivity index (χ1n) is 2.49. The van der Waals surface area contributed by atoms with Gasteiger partial charge in [0.25, 0.3) is 0 Å². The molecule has 0 aromatic heterocycles. The molecule has 2 nitrogen and oxygen atoms in total. The maximum atomic E-state index is 9.76. The van der Waals surface area contributed by atoms with Crippen LogP contribution in [-0.2, 0) is 4.79 Å². The first-order chi connectivity index (χ1) is 3.27. The smallest absolute Gasteiger partial charge is 0.303 e. The van der Waals surface area contributed by atoms with Gasteiger partial charge in [0.15, 0.2) is 0 Å². The van der Waals surface area contributed by atoms with Crippen LogP contribution in [0.1, 0.15) is 26.2 Å². The zero-order valence-electron chi connectivity index (χ0n) is 5.48. The van der Waals surface area contributed by atoms with Gasteiger partial charge in [-0.3, -0.25) is 4.79 Å². The predicted molar refractivity (Wildman–Crippen MR) is 32.9 cm³/mol. The van der Waals surface area contributed by atoms with Crippen molar-refractivity contribution < 1.29 is 9.90 Å². The van der Waals surface area contributed by atoms with Gasteiger partial charge in [0.1, 0.15) is 0 Å². The Kier molecular flexibility index (Phi) is 13.0. The molecular weight excluding hydrogens is 225 g/mol. The van der Waals surface area contributed by atoms with Crippen LogP contribution >= 0.6 is 0 Å². The van der Waals surface area contributed by atoms with Crippen LogP contribution in [0.25, 0.3) is 0 Å². The zero-order chi connectivity index (χ0) is 5.70. The minimum Gasteiger partial charge on any atom is -0.481 e. The zero-order valence-corrected chi connectivity index (χ0v) is 11.8. The third kappa shape index (κ3) is 10.5. The third-order valence-corrected chi connectivity index (χ3v) is 0.744. The van der Waals surface area contributed by atoms with E-state index in [0.29, 0.717) is 6.42 Å². The fourth-order valence-electron chi connectivity index (χ4n) is 0.328. The molecule has 43 valence electrons. The number of carbonyl (C=O) groups is 1. The van der Waals surface area contributed by atoms with E-state index < -0.39 is 5.97 Å². The summed E-state index contributed by atoms with van der Waals surface area (Å²) in [6.07, 6.45) is 2.08. The standard InChI is InChI=1S/C5H10O2.Cs/c1-2-3-4-5(6)7;/h2-4H2,1H3,(H,6,7);. The molecule has 0 saturated heterocycles. The first-order valence-corrected chi connectivity index (χ1v) is 2.49. The van der Waals surface area contributed by atoms with Gasteiger partial charge < -0.3 is 5.11 Å². The van der Waals surface area contributed by atoms with Crippen LogP contribution in [0.5, 0.6) is 0 Å². The van der Waals surface area contributed by atoms with Crippen molar-refractivity contribution in [2.75, 3.05) is 0 Å². The summed E-state index contributed by atoms with van der Waals surface area (Å²) < 4.78 is 0. The molecule has 0 aliphatic heterocycles. The van der Waals surface area contributed by atoms with Gasteiger partial charge in [-0.25, -0.2) is 0 Å². The molecule has 0 unspecified atom stereocenters. The van der Waals surface area contributed by atoms with E-state index in [2.05, 4.69) is 0 Å². The molecule has 0 aromatic rings. The monoisotopic (exact) mass is 235 g/mol. The van der Waals surface area contributed by atoms with Crippen molar-refractivity contribution in [2.45, 2.75) is 26.2 Å². The Morgan fingerprint density at radius 2 is 2.12 bits per heavy atom. The van der Waals surface area contributed by atoms with E-state index in [1.54, 1.807) is 0 Å². The van der Waals surface area contributed by atoms with Crippen molar-refractivity contribution >= 4 is 74.9 Å². The van der Waals surface area contributed by atoms with Crippen molar-refractivity contribution in [2.24, 2.45) is 0 Å². The van der Waals surface area contributed by atoms with Gasteiger partial charge in [0, 0.05) is 75.3 Å². The van der Waals surface area contributed by atoms with Crippen LogP contribution in [-0.4, -0.2) is 80.0 Å². The molecule has 0 aromatic carbocycles. The fraction of sp³-hybridized carbons (Fsp3) is 0.800. The summed E-state index contributed by atoms with van der Waals surface area (Å²) in [5.74, 6) is -0.693. The van der Waals surface area contributed by atoms with Gasteiger partial charge in [-0.15, -0.1) is 0 Å². The van der Waals surface area contributed by atoms with Gasteiger partial charge in [-0.1, -0.05) is 13.3 Å². The number of unbranched alkanes of at least 4 members (excludes halogenated alkanes) is 1. The summed E-state index contributed by atoms with van der Waals surface area (Å²) in [4.78, 5) is 9.76. The maximum Gasteiger partial charge on any atom is 0.303 e. The molecular formula is C5H10CsO2.